The molecule has 3 rings (SSSR count). The van der Waals surface area contributed by atoms with Gasteiger partial charge in [-0.15, -0.1) is 0 Å². The average Bonchev–Trinajstić information content (AvgIpc) is 2.64. The maximum atomic E-state index is 14.8. The largest absolute Gasteiger partial charge is 0.379 e. The second kappa shape index (κ2) is 9.16. The third kappa shape index (κ3) is 5.40. The molecule has 1 aliphatic carbocycles. The topological polar surface area (TPSA) is 62.3 Å². The van der Waals surface area contributed by atoms with Crippen molar-refractivity contribution >= 4 is 38.7 Å². The molecule has 1 aromatic heterocycles. The first-order valence-electron chi connectivity index (χ1n) is 9.43. The van der Waals surface area contributed by atoms with Crippen molar-refractivity contribution in [1.29, 1.82) is 0 Å². The van der Waals surface area contributed by atoms with Crippen molar-refractivity contribution in [2.24, 2.45) is 0 Å². The molecule has 0 unspecified atom stereocenters. The van der Waals surface area contributed by atoms with E-state index in [0.29, 0.717) is 11.7 Å². The molecule has 1 saturated carbocycles. The van der Waals surface area contributed by atoms with Gasteiger partial charge in [0.25, 0.3) is 0 Å². The molecule has 0 bridgehead atoms. The number of likely N-dealkylation sites (N-methyl/N-ethyl adjacent to an activating group) is 1. The Kier molecular flexibility index (Phi) is 7.04. The normalized spacial score (nSPS) is 20.1. The average molecular weight is 460 g/mol. The van der Waals surface area contributed by atoms with Crippen molar-refractivity contribution in [3.05, 3.63) is 52.0 Å². The first-order chi connectivity index (χ1) is 13.7. The van der Waals surface area contributed by atoms with Crippen LogP contribution >= 0.6 is 23.2 Å². The summed E-state index contributed by atoms with van der Waals surface area (Å²) in [7, 11) is 0.0666. The lowest BCUT2D eigenvalue weighted by atomic mass is 9.89. The van der Waals surface area contributed by atoms with Crippen LogP contribution in [0.15, 0.2) is 35.2 Å². The van der Waals surface area contributed by atoms with Gasteiger partial charge in [-0.3, -0.25) is 0 Å². The quantitative estimate of drug-likeness (QED) is 0.629. The first kappa shape index (κ1) is 22.3. The number of hydrogen-bond donors (Lipinski definition) is 1. The highest BCUT2D eigenvalue weighted by atomic mass is 35.5. The Morgan fingerprint density at radius 2 is 1.93 bits per heavy atom. The molecule has 1 heterocycles. The van der Waals surface area contributed by atoms with E-state index in [0.717, 1.165) is 25.7 Å². The Labute approximate surface area is 181 Å². The molecule has 0 saturated heterocycles. The third-order valence-corrected chi connectivity index (χ3v) is 7.38. The Hall–Kier alpha value is -1.41. The Bertz CT molecular complexity index is 986. The molecule has 1 N–H and O–H groups in total. The molecular formula is C20H24Cl2FN3O2S. The number of sulfone groups is 1. The SMILES string of the molecule is CN(C)[C@H]1CCCC[C@@H]1Nc1cc(F)c(S(=O)(=O)Cc2cccc(Cl)n2)cc1Cl. The molecule has 0 aliphatic heterocycles. The van der Waals surface area contributed by atoms with Crippen LogP contribution in [0.4, 0.5) is 10.1 Å². The van der Waals surface area contributed by atoms with Crippen molar-refractivity contribution < 1.29 is 12.8 Å². The second-order valence-electron chi connectivity index (χ2n) is 7.54. The monoisotopic (exact) mass is 459 g/mol. The van der Waals surface area contributed by atoms with Gasteiger partial charge >= 0.3 is 0 Å². The summed E-state index contributed by atoms with van der Waals surface area (Å²) in [5, 5.41) is 3.67. The summed E-state index contributed by atoms with van der Waals surface area (Å²) in [5.41, 5.74) is 0.647. The minimum absolute atomic E-state index is 0.119. The van der Waals surface area contributed by atoms with Gasteiger partial charge in [0.05, 0.1) is 22.2 Å². The van der Waals surface area contributed by atoms with E-state index in [-0.39, 0.29) is 21.9 Å². The van der Waals surface area contributed by atoms with E-state index >= 15 is 0 Å². The van der Waals surface area contributed by atoms with Crippen LogP contribution in [0, 0.1) is 5.82 Å². The lowest BCUT2D eigenvalue weighted by molar-refractivity contribution is 0.211. The number of halogens is 3. The predicted octanol–water partition coefficient (Wildman–Crippen LogP) is 4.79. The molecule has 2 atom stereocenters. The summed E-state index contributed by atoms with van der Waals surface area (Å²) >= 11 is 12.1. The Morgan fingerprint density at radius 1 is 1.21 bits per heavy atom. The highest BCUT2D eigenvalue weighted by Gasteiger charge is 2.28. The van der Waals surface area contributed by atoms with E-state index in [2.05, 4.69) is 15.2 Å². The number of nitrogens with one attached hydrogen (secondary N) is 1. The van der Waals surface area contributed by atoms with Crippen LogP contribution in [0.5, 0.6) is 0 Å². The fourth-order valence-electron chi connectivity index (χ4n) is 3.78. The second-order valence-corrected chi connectivity index (χ2v) is 10.3. The van der Waals surface area contributed by atoms with Crippen molar-refractivity contribution in [3.8, 4) is 0 Å². The van der Waals surface area contributed by atoms with Gasteiger partial charge in [0.15, 0.2) is 9.84 Å². The molecule has 158 valence electrons. The molecule has 29 heavy (non-hydrogen) atoms. The van der Waals surface area contributed by atoms with Gasteiger partial charge < -0.3 is 10.2 Å². The van der Waals surface area contributed by atoms with Crippen molar-refractivity contribution in [2.75, 3.05) is 19.4 Å². The van der Waals surface area contributed by atoms with Gasteiger partial charge in [-0.2, -0.15) is 0 Å². The lowest BCUT2D eigenvalue weighted by Crippen LogP contribution is -2.45. The number of nitrogens with zero attached hydrogens (tertiary/aromatic N) is 2. The van der Waals surface area contributed by atoms with Gasteiger partial charge in [0, 0.05) is 12.1 Å². The first-order valence-corrected chi connectivity index (χ1v) is 11.8. The number of anilines is 1. The molecular weight excluding hydrogens is 436 g/mol. The van der Waals surface area contributed by atoms with E-state index in [1.165, 1.54) is 18.2 Å². The van der Waals surface area contributed by atoms with Crippen LogP contribution in [-0.4, -0.2) is 44.5 Å². The summed E-state index contributed by atoms with van der Waals surface area (Å²) in [5.74, 6) is -1.30. The van der Waals surface area contributed by atoms with Crippen LogP contribution in [0.2, 0.25) is 10.2 Å². The maximum absolute atomic E-state index is 14.8. The zero-order valence-corrected chi connectivity index (χ0v) is 18.7. The van der Waals surface area contributed by atoms with Crippen molar-refractivity contribution in [3.63, 3.8) is 0 Å². The van der Waals surface area contributed by atoms with Gasteiger partial charge in [-0.25, -0.2) is 17.8 Å². The predicted molar refractivity (Wildman–Crippen MR) is 115 cm³/mol. The minimum atomic E-state index is -3.97. The number of aromatic nitrogens is 1. The summed E-state index contributed by atoms with van der Waals surface area (Å²) in [6, 6.07) is 7.44. The molecule has 5 nitrogen and oxygen atoms in total. The number of rotatable bonds is 6. The standard InChI is InChI=1S/C20H24Cl2FN3O2S/c1-26(2)18-8-4-3-7-16(18)25-17-11-15(23)19(10-14(17)21)29(27,28)12-13-6-5-9-20(22)24-13/h5-6,9-11,16,18,25H,3-4,7-8,12H2,1-2H3/t16-,18-/m0/s1. The van der Waals surface area contributed by atoms with E-state index < -0.39 is 26.3 Å². The molecule has 1 aromatic carbocycles. The van der Waals surface area contributed by atoms with Crippen LogP contribution in [0.3, 0.4) is 0 Å². The molecule has 1 aliphatic rings. The number of hydrogen-bond acceptors (Lipinski definition) is 5. The summed E-state index contributed by atoms with van der Waals surface area (Å²) in [6.07, 6.45) is 4.23. The Morgan fingerprint density at radius 3 is 2.62 bits per heavy atom. The summed E-state index contributed by atoms with van der Waals surface area (Å²) in [4.78, 5) is 5.68. The van der Waals surface area contributed by atoms with Gasteiger partial charge in [0.1, 0.15) is 15.9 Å². The maximum Gasteiger partial charge on any atom is 0.187 e. The molecule has 0 amide bonds. The summed E-state index contributed by atoms with van der Waals surface area (Å²) < 4.78 is 40.2. The lowest BCUT2D eigenvalue weighted by Gasteiger charge is -2.37. The number of benzene rings is 1. The molecule has 2 aromatic rings. The Balaban J connectivity index is 1.85. The molecule has 9 heteroatoms. The van der Waals surface area contributed by atoms with E-state index in [1.807, 2.05) is 14.1 Å². The fourth-order valence-corrected chi connectivity index (χ4v) is 5.60. The fraction of sp³-hybridized carbons (Fsp3) is 0.450. The van der Waals surface area contributed by atoms with Gasteiger partial charge in [-0.05, 0) is 51.2 Å². The van der Waals surface area contributed by atoms with Crippen molar-refractivity contribution in [2.45, 2.75) is 48.4 Å². The van der Waals surface area contributed by atoms with Crippen LogP contribution in [-0.2, 0) is 15.6 Å². The molecule has 0 spiro atoms. The smallest absolute Gasteiger partial charge is 0.187 e. The van der Waals surface area contributed by atoms with Crippen molar-refractivity contribution in [1.82, 2.24) is 9.88 Å². The minimum Gasteiger partial charge on any atom is -0.379 e. The van der Waals surface area contributed by atoms with Gasteiger partial charge in [0.2, 0.25) is 0 Å². The van der Waals surface area contributed by atoms with Crippen LogP contribution < -0.4 is 5.32 Å². The summed E-state index contributed by atoms with van der Waals surface area (Å²) in [6.45, 7) is 0. The van der Waals surface area contributed by atoms with E-state index in [9.17, 15) is 12.8 Å². The highest BCUT2D eigenvalue weighted by molar-refractivity contribution is 7.90. The zero-order chi connectivity index (χ0) is 21.2. The molecule has 1 fully saturated rings. The molecule has 0 radical (unpaired) electrons. The highest BCUT2D eigenvalue weighted by Crippen LogP contribution is 2.32. The zero-order valence-electron chi connectivity index (χ0n) is 16.3. The van der Waals surface area contributed by atoms with Gasteiger partial charge in [-0.1, -0.05) is 42.1 Å². The third-order valence-electron chi connectivity index (χ3n) is 5.20. The van der Waals surface area contributed by atoms with Crippen LogP contribution in [0.25, 0.3) is 0 Å². The van der Waals surface area contributed by atoms with Crippen LogP contribution in [0.1, 0.15) is 31.4 Å². The van der Waals surface area contributed by atoms with E-state index in [4.69, 9.17) is 23.2 Å². The number of pyridine rings is 1. The van der Waals surface area contributed by atoms with E-state index in [1.54, 1.807) is 12.1 Å².